The molecule has 29 heavy (non-hydrogen) atoms. The van der Waals surface area contributed by atoms with Gasteiger partial charge >= 0.3 is 0 Å². The average molecular weight is 396 g/mol. The Morgan fingerprint density at radius 2 is 2.17 bits per heavy atom. The topological polar surface area (TPSA) is 119 Å². The van der Waals surface area contributed by atoms with Crippen LogP contribution in [0.1, 0.15) is 45.2 Å². The lowest BCUT2D eigenvalue weighted by molar-refractivity contribution is -0.120. The highest BCUT2D eigenvalue weighted by Crippen LogP contribution is 2.48. The molecule has 1 N–H and O–H groups in total. The molecule has 1 aliphatic carbocycles. The number of nitrogens with zero attached hydrogens (tertiary/aromatic N) is 6. The van der Waals surface area contributed by atoms with E-state index in [4.69, 9.17) is 8.64 Å². The van der Waals surface area contributed by atoms with E-state index in [-0.39, 0.29) is 17.9 Å². The number of pyridine rings is 1. The fourth-order valence-corrected chi connectivity index (χ4v) is 3.58. The van der Waals surface area contributed by atoms with E-state index >= 15 is 0 Å². The molecule has 2 aliphatic rings. The summed E-state index contributed by atoms with van der Waals surface area (Å²) in [7, 11) is 0. The predicted octanol–water partition coefficient (Wildman–Crippen LogP) is 0.906. The van der Waals surface area contributed by atoms with Gasteiger partial charge in [0.2, 0.25) is 5.91 Å². The molecule has 1 atom stereocenters. The lowest BCUT2D eigenvalue weighted by Crippen LogP contribution is -2.47. The van der Waals surface area contributed by atoms with E-state index in [1.807, 2.05) is 0 Å². The van der Waals surface area contributed by atoms with Gasteiger partial charge in [-0.1, -0.05) is 11.2 Å². The Hall–Kier alpha value is -3.56. The Bertz CT molecular complexity index is 1170. The van der Waals surface area contributed by atoms with Gasteiger partial charge in [0.1, 0.15) is 17.4 Å². The molecule has 0 spiro atoms. The first-order chi connectivity index (χ1) is 15.3. The van der Waals surface area contributed by atoms with Gasteiger partial charge in [-0.05, 0) is 37.3 Å². The van der Waals surface area contributed by atoms with Gasteiger partial charge in [-0.25, -0.2) is 4.98 Å². The van der Waals surface area contributed by atoms with Crippen molar-refractivity contribution in [2.24, 2.45) is 0 Å². The number of carbonyl (C=O) groups excluding carboxylic acids is 2. The van der Waals surface area contributed by atoms with Crippen LogP contribution in [0.4, 0.5) is 5.82 Å². The number of hydrogen-bond donors (Lipinski definition) is 1. The van der Waals surface area contributed by atoms with Crippen LogP contribution >= 0.6 is 0 Å². The minimum atomic E-state index is -2.75. The number of fused-ring (bicyclic) bond motifs is 1. The lowest BCUT2D eigenvalue weighted by atomic mass is 10.1. The van der Waals surface area contributed by atoms with E-state index in [1.165, 1.54) is 17.1 Å². The highest BCUT2D eigenvalue weighted by molar-refractivity contribution is 6.01. The molecule has 4 heterocycles. The van der Waals surface area contributed by atoms with Gasteiger partial charge in [-0.2, -0.15) is 15.0 Å². The van der Waals surface area contributed by atoms with Gasteiger partial charge in [0.05, 0.1) is 12.4 Å². The van der Waals surface area contributed by atoms with Crippen molar-refractivity contribution in [2.45, 2.75) is 37.3 Å². The zero-order valence-corrected chi connectivity index (χ0v) is 15.3. The van der Waals surface area contributed by atoms with Gasteiger partial charge in [0.15, 0.2) is 11.5 Å². The van der Waals surface area contributed by atoms with E-state index in [0.717, 1.165) is 12.8 Å². The molecule has 5 rings (SSSR count). The van der Waals surface area contributed by atoms with Crippen LogP contribution in [-0.4, -0.2) is 50.0 Å². The maximum absolute atomic E-state index is 13.1. The van der Waals surface area contributed by atoms with Crippen molar-refractivity contribution in [3.8, 4) is 0 Å². The molecule has 0 bridgehead atoms. The summed E-state index contributed by atoms with van der Waals surface area (Å²) in [5.41, 5.74) is 0.0600. The van der Waals surface area contributed by atoms with Crippen molar-refractivity contribution in [1.82, 2.24) is 30.5 Å². The maximum Gasteiger partial charge on any atom is 0.274 e. The zero-order valence-electron chi connectivity index (χ0n) is 18.3. The van der Waals surface area contributed by atoms with Crippen molar-refractivity contribution in [3.05, 3.63) is 53.8 Å². The quantitative estimate of drug-likeness (QED) is 0.696. The molecular formula is C19H19N7O3. The fourth-order valence-electron chi connectivity index (χ4n) is 3.58. The number of aromatic nitrogens is 5. The predicted molar refractivity (Wildman–Crippen MR) is 100 cm³/mol. The molecule has 148 valence electrons. The highest BCUT2D eigenvalue weighted by atomic mass is 16.5. The molecule has 3 aromatic heterocycles. The smallest absolute Gasteiger partial charge is 0.274 e. The molecule has 1 fully saturated rings. The summed E-state index contributed by atoms with van der Waals surface area (Å²) in [4.78, 5) is 32.3. The van der Waals surface area contributed by atoms with E-state index < -0.39 is 30.4 Å². The molecule has 1 aliphatic heterocycles. The summed E-state index contributed by atoms with van der Waals surface area (Å²) in [6, 6.07) is 3.85. The highest BCUT2D eigenvalue weighted by Gasteiger charge is 2.52. The van der Waals surface area contributed by atoms with E-state index in [9.17, 15) is 9.59 Å². The second kappa shape index (κ2) is 6.50. The number of anilines is 1. The van der Waals surface area contributed by atoms with Crippen molar-refractivity contribution in [2.75, 3.05) is 11.9 Å². The number of rotatable bonds is 4. The monoisotopic (exact) mass is 396 g/mol. The first-order valence-electron chi connectivity index (χ1n) is 10.7. The van der Waals surface area contributed by atoms with Crippen molar-refractivity contribution in [3.63, 3.8) is 0 Å². The third-order valence-corrected chi connectivity index (χ3v) is 5.33. The number of nitrogens with one attached hydrogen (secondary N) is 1. The Balaban J connectivity index is 1.37. The van der Waals surface area contributed by atoms with Crippen LogP contribution in [0.2, 0.25) is 0 Å². The van der Waals surface area contributed by atoms with Gasteiger partial charge in [-0.3, -0.25) is 14.5 Å². The SMILES string of the molecule is [2H]C([2H])([2H])N1C(=O)[C@@H](NC(=O)c2cc(C3(n4nccn4)CC3)on2)CCc2cccnc21. The summed E-state index contributed by atoms with van der Waals surface area (Å²) >= 11 is 0. The van der Waals surface area contributed by atoms with Crippen LogP contribution in [0.15, 0.2) is 41.3 Å². The number of likely N-dealkylation sites (N-methyl/N-ethyl adjacent to an activating group) is 1. The Labute approximate surface area is 170 Å². The summed E-state index contributed by atoms with van der Waals surface area (Å²) in [6.45, 7) is -2.75. The minimum Gasteiger partial charge on any atom is -0.358 e. The average Bonchev–Trinajstić information content (AvgIpc) is 3.17. The normalized spacial score (nSPS) is 22.1. The Kier molecular flexibility index (Phi) is 3.24. The molecule has 0 unspecified atom stereocenters. The second-order valence-electron chi connectivity index (χ2n) is 7.15. The molecule has 0 saturated heterocycles. The third kappa shape index (κ3) is 2.87. The van der Waals surface area contributed by atoms with Crippen LogP contribution in [0.5, 0.6) is 0 Å². The van der Waals surface area contributed by atoms with Gasteiger partial charge in [0.25, 0.3) is 5.91 Å². The van der Waals surface area contributed by atoms with Crippen molar-refractivity contribution >= 4 is 17.6 Å². The lowest BCUT2D eigenvalue weighted by Gasteiger charge is -2.20. The first kappa shape index (κ1) is 14.4. The third-order valence-electron chi connectivity index (χ3n) is 5.33. The summed E-state index contributed by atoms with van der Waals surface area (Å²) in [5, 5.41) is 14.8. The van der Waals surface area contributed by atoms with E-state index in [2.05, 4.69) is 25.7 Å². The number of carbonyl (C=O) groups is 2. The molecule has 0 aromatic carbocycles. The molecule has 2 amide bonds. The molecular weight excluding hydrogens is 374 g/mol. The number of hydrogen-bond acceptors (Lipinski definition) is 7. The second-order valence-corrected chi connectivity index (χ2v) is 7.15. The van der Waals surface area contributed by atoms with Crippen LogP contribution in [0.25, 0.3) is 0 Å². The molecule has 3 aromatic rings. The van der Waals surface area contributed by atoms with Crippen LogP contribution < -0.4 is 10.2 Å². The maximum atomic E-state index is 13.1. The largest absolute Gasteiger partial charge is 0.358 e. The first-order valence-corrected chi connectivity index (χ1v) is 9.22. The Morgan fingerprint density at radius 1 is 1.34 bits per heavy atom. The van der Waals surface area contributed by atoms with Crippen molar-refractivity contribution in [1.29, 1.82) is 0 Å². The Morgan fingerprint density at radius 3 is 2.93 bits per heavy atom. The van der Waals surface area contributed by atoms with Gasteiger partial charge in [-0.15, -0.1) is 0 Å². The van der Waals surface area contributed by atoms with Crippen LogP contribution in [-0.2, 0) is 16.8 Å². The zero-order chi connectivity index (χ0) is 22.5. The summed E-state index contributed by atoms with van der Waals surface area (Å²) in [5.74, 6) is -0.849. The van der Waals surface area contributed by atoms with Gasteiger partial charge < -0.3 is 9.84 Å². The van der Waals surface area contributed by atoms with E-state index in [1.54, 1.807) is 24.5 Å². The molecule has 0 radical (unpaired) electrons. The molecule has 10 heteroatoms. The fraction of sp³-hybridized carbons (Fsp3) is 0.368. The molecule has 10 nitrogen and oxygen atoms in total. The minimum absolute atomic E-state index is 0.00782. The van der Waals surface area contributed by atoms with E-state index in [0.29, 0.717) is 22.6 Å². The van der Waals surface area contributed by atoms with Crippen molar-refractivity contribution < 1.29 is 18.2 Å². The van der Waals surface area contributed by atoms with Crippen LogP contribution in [0, 0.1) is 0 Å². The van der Waals surface area contributed by atoms with Gasteiger partial charge in [0, 0.05) is 23.4 Å². The summed E-state index contributed by atoms with van der Waals surface area (Å²) in [6.07, 6.45) is 6.65. The van der Waals surface area contributed by atoms with Crippen LogP contribution in [0.3, 0.4) is 0 Å². The molecule has 1 saturated carbocycles. The number of aryl methyl sites for hydroxylation is 1. The summed E-state index contributed by atoms with van der Waals surface area (Å²) < 4.78 is 28.8. The standard InChI is InChI=1S/C19H19N7O3/c1-25-16-12(3-2-8-20-16)4-5-13(18(25)28)23-17(27)14-11-15(29-24-14)19(6-7-19)26-21-9-10-22-26/h2-3,8-11,13H,4-7H2,1H3,(H,23,27)/t13-/m0/s1/i1D3. The number of amides is 2.